The van der Waals surface area contributed by atoms with E-state index in [4.69, 9.17) is 16.3 Å². The number of hydrogen-bond acceptors (Lipinski definition) is 9. The highest BCUT2D eigenvalue weighted by Gasteiger charge is 2.21. The molecule has 6 N–H and O–H groups in total. The molecule has 0 saturated carbocycles. The largest absolute Gasteiger partial charge is 0.492 e. The van der Waals surface area contributed by atoms with Crippen LogP contribution in [0.2, 0.25) is 0 Å². The maximum atomic E-state index is 13.3. The third-order valence-electron chi connectivity index (χ3n) is 5.54. The molecule has 0 spiro atoms. The molecule has 0 radical (unpaired) electrons. The van der Waals surface area contributed by atoms with Gasteiger partial charge in [-0.05, 0) is 47.7 Å². The zero-order valence-corrected chi connectivity index (χ0v) is 22.2. The second-order valence-electron chi connectivity index (χ2n) is 9.24. The number of carbonyl (C=O) groups is 1. The number of nitrogens with one attached hydrogen (secondary N) is 2. The number of aromatic nitrogens is 2. The molecule has 36 heavy (non-hydrogen) atoms. The molecule has 0 saturated heterocycles. The van der Waals surface area contributed by atoms with Gasteiger partial charge < -0.3 is 20.5 Å². The predicted molar refractivity (Wildman–Crippen MR) is 149 cm³/mol. The fourth-order valence-corrected chi connectivity index (χ4v) is 3.90. The van der Waals surface area contributed by atoms with Crippen molar-refractivity contribution in [2.45, 2.75) is 33.1 Å². The van der Waals surface area contributed by atoms with Crippen LogP contribution in [0.4, 0.5) is 17.1 Å². The molecule has 9 nitrogen and oxygen atoms in total. The van der Waals surface area contributed by atoms with E-state index >= 15 is 0 Å². The average Bonchev–Trinajstić information content (AvgIpc) is 2.84. The first-order chi connectivity index (χ1) is 17.0. The summed E-state index contributed by atoms with van der Waals surface area (Å²) in [6, 6.07) is 9.29. The van der Waals surface area contributed by atoms with Gasteiger partial charge in [0.15, 0.2) is 5.75 Å². The van der Waals surface area contributed by atoms with E-state index in [9.17, 15) is 4.79 Å². The van der Waals surface area contributed by atoms with Crippen molar-refractivity contribution in [1.29, 1.82) is 0 Å². The Morgan fingerprint density at radius 3 is 2.39 bits per heavy atom. The van der Waals surface area contributed by atoms with Gasteiger partial charge in [0.05, 0.1) is 29.9 Å². The third kappa shape index (κ3) is 6.27. The molecule has 3 rings (SSSR count). The summed E-state index contributed by atoms with van der Waals surface area (Å²) in [5, 5.41) is 4.40. The van der Waals surface area contributed by atoms with Gasteiger partial charge in [-0.25, -0.2) is 15.8 Å². The normalized spacial score (nSPS) is 11.7. The first kappa shape index (κ1) is 26.8. The standard InChI is InChI=1S/C26H33N7O2S/c1-16-7-8-17(9-23(16)33(28)14-20(27)18-12-29-15-30-13-18)25(34)31-21-10-19(26(2,3)4)11-22(32-36-6)24(21)35-5/h7-15,32H,27-28H2,1-6H3,(H,31,34)/b20-14-. The fraction of sp³-hybridized carbons (Fsp3) is 0.269. The quantitative estimate of drug-likeness (QED) is 0.195. The molecule has 0 fully saturated rings. The fourth-order valence-electron chi connectivity index (χ4n) is 3.53. The highest BCUT2D eigenvalue weighted by molar-refractivity contribution is 7.99. The van der Waals surface area contributed by atoms with Crippen molar-refractivity contribution >= 4 is 40.6 Å². The van der Waals surface area contributed by atoms with Gasteiger partial charge in [-0.1, -0.05) is 38.8 Å². The Balaban J connectivity index is 1.94. The van der Waals surface area contributed by atoms with Gasteiger partial charge in [0.1, 0.15) is 6.33 Å². The minimum Gasteiger partial charge on any atom is -0.492 e. The molecule has 3 aromatic rings. The van der Waals surface area contributed by atoms with Crippen LogP contribution in [0.5, 0.6) is 5.75 Å². The second kappa shape index (κ2) is 11.3. The summed E-state index contributed by atoms with van der Waals surface area (Å²) in [6.07, 6.45) is 8.12. The number of ether oxygens (including phenoxy) is 1. The first-order valence-electron chi connectivity index (χ1n) is 11.2. The van der Waals surface area contributed by atoms with Crippen molar-refractivity contribution < 1.29 is 9.53 Å². The Morgan fingerprint density at radius 2 is 1.78 bits per heavy atom. The molecule has 190 valence electrons. The summed E-state index contributed by atoms with van der Waals surface area (Å²) in [7, 11) is 1.58. The number of anilines is 3. The van der Waals surface area contributed by atoms with Gasteiger partial charge >= 0.3 is 0 Å². The van der Waals surface area contributed by atoms with Crippen molar-refractivity contribution in [3.63, 3.8) is 0 Å². The van der Waals surface area contributed by atoms with E-state index in [1.54, 1.807) is 37.8 Å². The Kier molecular flexibility index (Phi) is 8.44. The number of carbonyl (C=O) groups excluding carboxylic acids is 1. The molecule has 0 atom stereocenters. The van der Waals surface area contributed by atoms with Gasteiger partial charge in [-0.2, -0.15) is 0 Å². The third-order valence-corrected chi connectivity index (χ3v) is 5.96. The van der Waals surface area contributed by atoms with E-state index in [2.05, 4.69) is 40.8 Å². The van der Waals surface area contributed by atoms with Gasteiger partial charge in [0.25, 0.3) is 5.91 Å². The van der Waals surface area contributed by atoms with Gasteiger partial charge in [0.2, 0.25) is 0 Å². The Morgan fingerprint density at radius 1 is 1.11 bits per heavy atom. The molecule has 0 bridgehead atoms. The molecule has 0 aliphatic rings. The van der Waals surface area contributed by atoms with Crippen molar-refractivity contribution in [2.75, 3.05) is 28.4 Å². The first-order valence-corrected chi connectivity index (χ1v) is 12.5. The molecule has 0 aliphatic heterocycles. The highest BCUT2D eigenvalue weighted by atomic mass is 32.2. The lowest BCUT2D eigenvalue weighted by Gasteiger charge is -2.24. The highest BCUT2D eigenvalue weighted by Crippen LogP contribution is 2.39. The van der Waals surface area contributed by atoms with E-state index in [0.29, 0.717) is 33.9 Å². The van der Waals surface area contributed by atoms with Gasteiger partial charge in [-0.15, -0.1) is 0 Å². The zero-order chi connectivity index (χ0) is 26.5. The van der Waals surface area contributed by atoms with E-state index in [0.717, 1.165) is 16.8 Å². The van der Waals surface area contributed by atoms with Crippen LogP contribution >= 0.6 is 11.9 Å². The van der Waals surface area contributed by atoms with Crippen LogP contribution in [0, 0.1) is 6.92 Å². The summed E-state index contributed by atoms with van der Waals surface area (Å²) in [5.74, 6) is 6.56. The Labute approximate surface area is 216 Å². The molecule has 0 aliphatic carbocycles. The SMILES string of the molecule is COc1c(NSC)cc(C(C)(C)C)cc1NC(=O)c1ccc(C)c(N(N)/C=C(\N)c2cncnc2)c1. The summed E-state index contributed by atoms with van der Waals surface area (Å²) >= 11 is 1.45. The van der Waals surface area contributed by atoms with E-state index < -0.39 is 0 Å². The van der Waals surface area contributed by atoms with Crippen molar-refractivity contribution in [3.05, 3.63) is 77.5 Å². The van der Waals surface area contributed by atoms with E-state index in [1.165, 1.54) is 23.3 Å². The molecule has 0 unspecified atom stereocenters. The molecule has 1 heterocycles. The second-order valence-corrected chi connectivity index (χ2v) is 9.85. The summed E-state index contributed by atoms with van der Waals surface area (Å²) in [5.41, 5.74) is 11.4. The molecular weight excluding hydrogens is 474 g/mol. The number of rotatable bonds is 8. The summed E-state index contributed by atoms with van der Waals surface area (Å²) in [4.78, 5) is 21.3. The van der Waals surface area contributed by atoms with E-state index in [1.807, 2.05) is 31.4 Å². The number of methoxy groups -OCH3 is 1. The topological polar surface area (TPSA) is 131 Å². The molecule has 1 aromatic heterocycles. The van der Waals surface area contributed by atoms with Crippen molar-refractivity contribution in [3.8, 4) is 5.75 Å². The maximum absolute atomic E-state index is 13.3. The number of nitrogens with zero attached hydrogens (tertiary/aromatic N) is 3. The summed E-state index contributed by atoms with van der Waals surface area (Å²) in [6.45, 7) is 8.26. The van der Waals surface area contributed by atoms with Crippen LogP contribution in [-0.4, -0.2) is 29.2 Å². The summed E-state index contributed by atoms with van der Waals surface area (Å²) < 4.78 is 8.90. The van der Waals surface area contributed by atoms with Gasteiger partial charge in [-0.3, -0.25) is 9.80 Å². The van der Waals surface area contributed by atoms with E-state index in [-0.39, 0.29) is 11.3 Å². The molecule has 10 heteroatoms. The lowest BCUT2D eigenvalue weighted by molar-refractivity contribution is 0.102. The predicted octanol–water partition coefficient (Wildman–Crippen LogP) is 4.67. The number of hydrazine groups is 1. The monoisotopic (exact) mass is 507 g/mol. The number of hydrogen-bond donors (Lipinski definition) is 4. The molecule has 2 aromatic carbocycles. The van der Waals surface area contributed by atoms with Crippen LogP contribution < -0.4 is 31.4 Å². The van der Waals surface area contributed by atoms with Crippen LogP contribution in [0.3, 0.4) is 0 Å². The molecular formula is C26H33N7O2S. The number of nitrogens with two attached hydrogens (primary N) is 2. The smallest absolute Gasteiger partial charge is 0.255 e. The van der Waals surface area contributed by atoms with Crippen LogP contribution in [0.1, 0.15) is 47.8 Å². The lowest BCUT2D eigenvalue weighted by atomic mass is 9.86. The van der Waals surface area contributed by atoms with Crippen molar-refractivity contribution in [1.82, 2.24) is 9.97 Å². The van der Waals surface area contributed by atoms with Crippen LogP contribution in [-0.2, 0) is 5.41 Å². The Hall–Kier alpha value is -3.76. The van der Waals surface area contributed by atoms with Crippen LogP contribution in [0.25, 0.3) is 5.70 Å². The van der Waals surface area contributed by atoms with Crippen molar-refractivity contribution in [2.24, 2.45) is 11.6 Å². The number of amides is 1. The Bertz CT molecular complexity index is 1260. The molecule has 1 amide bonds. The van der Waals surface area contributed by atoms with Crippen LogP contribution in [0.15, 0.2) is 55.3 Å². The minimum absolute atomic E-state index is 0.131. The zero-order valence-electron chi connectivity index (χ0n) is 21.4. The number of benzene rings is 2. The van der Waals surface area contributed by atoms with Gasteiger partial charge in [0, 0.05) is 36.0 Å². The number of aryl methyl sites for hydroxylation is 1. The lowest BCUT2D eigenvalue weighted by Crippen LogP contribution is -2.27. The maximum Gasteiger partial charge on any atom is 0.255 e. The minimum atomic E-state index is -0.294. The average molecular weight is 508 g/mol.